The predicted octanol–water partition coefficient (Wildman–Crippen LogP) is 3.73. The fourth-order valence-electron chi connectivity index (χ4n) is 4.15. The molecule has 4 rings (SSSR count). The lowest BCUT2D eigenvalue weighted by atomic mass is 10.1. The van der Waals surface area contributed by atoms with Crippen molar-refractivity contribution in [3.05, 3.63) is 52.5 Å². The Morgan fingerprint density at radius 1 is 1.03 bits per heavy atom. The first-order chi connectivity index (χ1) is 15.2. The largest absolute Gasteiger partial charge is 0.325 e. The van der Waals surface area contributed by atoms with Crippen molar-refractivity contribution in [3.63, 3.8) is 0 Å². The number of nitrogens with zero attached hydrogens (tertiary/aromatic N) is 2. The molecule has 0 aromatic heterocycles. The minimum Gasteiger partial charge on any atom is -0.325 e. The van der Waals surface area contributed by atoms with Crippen LogP contribution >= 0.6 is 11.6 Å². The van der Waals surface area contributed by atoms with Crippen molar-refractivity contribution in [2.45, 2.75) is 38.0 Å². The van der Waals surface area contributed by atoms with Gasteiger partial charge in [-0.25, -0.2) is 8.42 Å². The van der Waals surface area contributed by atoms with Crippen molar-refractivity contribution >= 4 is 44.8 Å². The van der Waals surface area contributed by atoms with Crippen molar-refractivity contribution in [2.75, 3.05) is 29.9 Å². The summed E-state index contributed by atoms with van der Waals surface area (Å²) in [6.45, 7) is 5.36. The van der Waals surface area contributed by atoms with Crippen LogP contribution in [-0.2, 0) is 19.6 Å². The minimum absolute atomic E-state index is 0.0339. The number of amides is 2. The van der Waals surface area contributed by atoms with Gasteiger partial charge in [0.25, 0.3) is 0 Å². The second-order valence-corrected chi connectivity index (χ2v) is 10.7. The van der Waals surface area contributed by atoms with E-state index in [1.807, 2.05) is 32.0 Å². The van der Waals surface area contributed by atoms with E-state index < -0.39 is 21.8 Å². The second-order valence-electron chi connectivity index (χ2n) is 8.35. The van der Waals surface area contributed by atoms with Crippen molar-refractivity contribution in [2.24, 2.45) is 5.92 Å². The number of hydrogen-bond donors (Lipinski definition) is 1. The van der Waals surface area contributed by atoms with Crippen molar-refractivity contribution in [1.82, 2.24) is 4.31 Å². The maximum Gasteiger partial charge on any atom is 0.244 e. The highest BCUT2D eigenvalue weighted by Crippen LogP contribution is 2.31. The van der Waals surface area contributed by atoms with E-state index in [2.05, 4.69) is 5.32 Å². The summed E-state index contributed by atoms with van der Waals surface area (Å²) >= 11 is 6.18. The predicted molar refractivity (Wildman–Crippen MR) is 124 cm³/mol. The molecule has 0 aliphatic carbocycles. The van der Waals surface area contributed by atoms with Crippen LogP contribution in [0.15, 0.2) is 41.3 Å². The molecular weight excluding hydrogens is 450 g/mol. The molecule has 0 radical (unpaired) electrons. The van der Waals surface area contributed by atoms with Crippen molar-refractivity contribution in [1.29, 1.82) is 0 Å². The Morgan fingerprint density at radius 3 is 2.44 bits per heavy atom. The number of carbonyl (C=O) groups excluding carboxylic acids is 2. The van der Waals surface area contributed by atoms with Gasteiger partial charge in [-0.15, -0.1) is 0 Å². The first kappa shape index (κ1) is 22.8. The van der Waals surface area contributed by atoms with Gasteiger partial charge in [-0.05, 0) is 74.6 Å². The molecule has 2 aliphatic heterocycles. The average Bonchev–Trinajstić information content (AvgIpc) is 3.42. The summed E-state index contributed by atoms with van der Waals surface area (Å²) in [7, 11) is -3.73. The molecule has 2 fully saturated rings. The Kier molecular flexibility index (Phi) is 6.29. The number of halogens is 1. The normalized spacial score (nSPS) is 19.5. The standard InChI is InChI=1S/C23H26ClN3O4S/c1-15-5-7-18(13-16(15)2)27-12-9-19(23(27)29)22(28)25-17-6-8-20(24)21(14-17)32(30,31)26-10-3-4-11-26/h5-8,13-14,19H,3-4,9-12H2,1-2H3,(H,25,28). The number of benzene rings is 2. The summed E-state index contributed by atoms with van der Waals surface area (Å²) < 4.78 is 27.2. The molecule has 32 heavy (non-hydrogen) atoms. The zero-order valence-electron chi connectivity index (χ0n) is 18.1. The summed E-state index contributed by atoms with van der Waals surface area (Å²) in [5.41, 5.74) is 3.29. The summed E-state index contributed by atoms with van der Waals surface area (Å²) in [6, 6.07) is 10.2. The minimum atomic E-state index is -3.73. The lowest BCUT2D eigenvalue weighted by Gasteiger charge is -2.19. The van der Waals surface area contributed by atoms with Gasteiger partial charge in [0.05, 0.1) is 5.02 Å². The number of sulfonamides is 1. The van der Waals surface area contributed by atoms with Gasteiger partial charge >= 0.3 is 0 Å². The molecule has 0 bridgehead atoms. The Hall–Kier alpha value is -2.42. The third kappa shape index (κ3) is 4.27. The van der Waals surface area contributed by atoms with E-state index in [0.717, 1.165) is 29.7 Å². The van der Waals surface area contributed by atoms with Gasteiger partial charge in [-0.2, -0.15) is 4.31 Å². The Bertz CT molecular complexity index is 1180. The van der Waals surface area contributed by atoms with Gasteiger partial charge in [0.15, 0.2) is 0 Å². The molecule has 1 unspecified atom stereocenters. The Balaban J connectivity index is 1.51. The summed E-state index contributed by atoms with van der Waals surface area (Å²) in [5.74, 6) is -1.54. The van der Waals surface area contributed by atoms with E-state index in [1.54, 1.807) is 11.0 Å². The highest BCUT2D eigenvalue weighted by molar-refractivity contribution is 7.89. The van der Waals surface area contributed by atoms with Gasteiger partial charge < -0.3 is 10.2 Å². The smallest absolute Gasteiger partial charge is 0.244 e. The number of carbonyl (C=O) groups is 2. The molecule has 0 spiro atoms. The molecular formula is C23H26ClN3O4S. The molecule has 2 saturated heterocycles. The topological polar surface area (TPSA) is 86.8 Å². The van der Waals surface area contributed by atoms with E-state index in [9.17, 15) is 18.0 Å². The van der Waals surface area contributed by atoms with Crippen LogP contribution < -0.4 is 10.2 Å². The van der Waals surface area contributed by atoms with E-state index in [0.29, 0.717) is 31.7 Å². The molecule has 1 atom stereocenters. The highest BCUT2D eigenvalue weighted by Gasteiger charge is 2.38. The van der Waals surface area contributed by atoms with Crippen molar-refractivity contribution < 1.29 is 18.0 Å². The van der Waals surface area contributed by atoms with Crippen LogP contribution in [0.3, 0.4) is 0 Å². The molecule has 0 saturated carbocycles. The molecule has 7 nitrogen and oxygen atoms in total. The summed E-state index contributed by atoms with van der Waals surface area (Å²) in [4.78, 5) is 27.4. The van der Waals surface area contributed by atoms with E-state index in [-0.39, 0.29) is 15.8 Å². The molecule has 1 N–H and O–H groups in total. The van der Waals surface area contributed by atoms with Gasteiger partial charge in [-0.1, -0.05) is 17.7 Å². The number of aryl methyl sites for hydroxylation is 2. The SMILES string of the molecule is Cc1ccc(N2CCC(C(=O)Nc3ccc(Cl)c(S(=O)(=O)N4CCCC4)c3)C2=O)cc1C. The first-order valence-electron chi connectivity index (χ1n) is 10.7. The zero-order chi connectivity index (χ0) is 23.0. The van der Waals surface area contributed by atoms with Gasteiger partial charge in [0, 0.05) is 31.0 Å². The lowest BCUT2D eigenvalue weighted by Crippen LogP contribution is -2.33. The molecule has 2 aromatic rings. The third-order valence-electron chi connectivity index (χ3n) is 6.21. The first-order valence-corrected chi connectivity index (χ1v) is 12.5. The summed E-state index contributed by atoms with van der Waals surface area (Å²) in [5, 5.41) is 2.81. The van der Waals surface area contributed by atoms with Crippen LogP contribution in [0.4, 0.5) is 11.4 Å². The lowest BCUT2D eigenvalue weighted by molar-refractivity contribution is -0.129. The summed E-state index contributed by atoms with van der Waals surface area (Å²) in [6.07, 6.45) is 2.02. The monoisotopic (exact) mass is 475 g/mol. The van der Waals surface area contributed by atoms with E-state index in [1.165, 1.54) is 16.4 Å². The average molecular weight is 476 g/mol. The fourth-order valence-corrected chi connectivity index (χ4v) is 6.17. The number of rotatable bonds is 5. The molecule has 2 heterocycles. The number of nitrogens with one attached hydrogen (secondary N) is 1. The second kappa shape index (κ2) is 8.84. The molecule has 2 amide bonds. The van der Waals surface area contributed by atoms with Gasteiger partial charge in [-0.3, -0.25) is 9.59 Å². The van der Waals surface area contributed by atoms with Crippen LogP contribution in [0.1, 0.15) is 30.4 Å². The van der Waals surface area contributed by atoms with Gasteiger partial charge in [0.1, 0.15) is 10.8 Å². The number of hydrogen-bond acceptors (Lipinski definition) is 4. The number of anilines is 2. The van der Waals surface area contributed by atoms with Crippen LogP contribution in [0.5, 0.6) is 0 Å². The fraction of sp³-hybridized carbons (Fsp3) is 0.391. The van der Waals surface area contributed by atoms with Crippen LogP contribution in [0.2, 0.25) is 5.02 Å². The maximum atomic E-state index is 12.9. The zero-order valence-corrected chi connectivity index (χ0v) is 19.7. The van der Waals surface area contributed by atoms with Crippen molar-refractivity contribution in [3.8, 4) is 0 Å². The molecule has 170 valence electrons. The van der Waals surface area contributed by atoms with Crippen LogP contribution in [0, 0.1) is 19.8 Å². The molecule has 9 heteroatoms. The molecule has 2 aromatic carbocycles. The van der Waals surface area contributed by atoms with Crippen LogP contribution in [0.25, 0.3) is 0 Å². The Morgan fingerprint density at radius 2 is 1.75 bits per heavy atom. The maximum absolute atomic E-state index is 12.9. The third-order valence-corrected chi connectivity index (χ3v) is 8.59. The highest BCUT2D eigenvalue weighted by atomic mass is 35.5. The Labute approximate surface area is 193 Å². The van der Waals surface area contributed by atoms with Gasteiger partial charge in [0.2, 0.25) is 21.8 Å². The quantitative estimate of drug-likeness (QED) is 0.667. The van der Waals surface area contributed by atoms with E-state index in [4.69, 9.17) is 11.6 Å². The van der Waals surface area contributed by atoms with Crippen LogP contribution in [-0.4, -0.2) is 44.2 Å². The molecule has 2 aliphatic rings. The van der Waals surface area contributed by atoms with E-state index >= 15 is 0 Å².